The standard InChI is InChI=1S/C9H15NO2/c1-8-2-4-9(6-10,5-3-8)12-7(8)11/h2-6,10H2,1H3. The van der Waals surface area contributed by atoms with Gasteiger partial charge in [-0.3, -0.25) is 4.79 Å². The molecule has 12 heavy (non-hydrogen) atoms. The Bertz CT molecular complexity index is 217. The molecule has 0 aromatic carbocycles. The second-order valence-electron chi connectivity index (χ2n) is 4.34. The summed E-state index contributed by atoms with van der Waals surface area (Å²) in [5, 5.41) is 0. The molecule has 1 saturated carbocycles. The Morgan fingerprint density at radius 2 is 2.00 bits per heavy atom. The van der Waals surface area contributed by atoms with Gasteiger partial charge in [0.1, 0.15) is 5.60 Å². The highest BCUT2D eigenvalue weighted by Crippen LogP contribution is 2.48. The molecule has 2 aliphatic heterocycles. The molecular formula is C9H15NO2. The monoisotopic (exact) mass is 169 g/mol. The molecule has 0 radical (unpaired) electrons. The van der Waals surface area contributed by atoms with Gasteiger partial charge in [0, 0.05) is 6.54 Å². The second kappa shape index (κ2) is 2.22. The van der Waals surface area contributed by atoms with Crippen LogP contribution < -0.4 is 5.73 Å². The van der Waals surface area contributed by atoms with Crippen LogP contribution in [0.1, 0.15) is 32.6 Å². The Kier molecular flexibility index (Phi) is 1.49. The SMILES string of the molecule is CC12CCC(CN)(CC1)OC2=O. The third-order valence-corrected chi connectivity index (χ3v) is 3.44. The van der Waals surface area contributed by atoms with Crippen LogP contribution in [0.2, 0.25) is 0 Å². The number of carbonyl (C=O) groups excluding carboxylic acids is 1. The molecule has 0 amide bonds. The number of rotatable bonds is 1. The summed E-state index contributed by atoms with van der Waals surface area (Å²) in [5.74, 6) is -0.0366. The van der Waals surface area contributed by atoms with Crippen LogP contribution in [-0.2, 0) is 9.53 Å². The Labute approximate surface area is 72.3 Å². The number of carbonyl (C=O) groups is 1. The lowest BCUT2D eigenvalue weighted by molar-refractivity contribution is -0.199. The van der Waals surface area contributed by atoms with Crippen molar-refractivity contribution in [2.24, 2.45) is 11.1 Å². The number of fused-ring (bicyclic) bond motifs is 3. The molecule has 0 aromatic rings. The molecule has 0 unspecified atom stereocenters. The van der Waals surface area contributed by atoms with Crippen LogP contribution >= 0.6 is 0 Å². The van der Waals surface area contributed by atoms with Crippen LogP contribution in [0, 0.1) is 5.41 Å². The van der Waals surface area contributed by atoms with Gasteiger partial charge >= 0.3 is 5.97 Å². The molecular weight excluding hydrogens is 154 g/mol. The quantitative estimate of drug-likeness (QED) is 0.591. The molecule has 0 spiro atoms. The molecule has 3 heteroatoms. The zero-order valence-corrected chi connectivity index (χ0v) is 7.43. The van der Waals surface area contributed by atoms with Gasteiger partial charge in [-0.15, -0.1) is 0 Å². The normalized spacial score (nSPS) is 46.0. The van der Waals surface area contributed by atoms with Crippen molar-refractivity contribution in [2.75, 3.05) is 6.54 Å². The summed E-state index contributed by atoms with van der Waals surface area (Å²) in [5.41, 5.74) is 5.11. The molecule has 2 saturated heterocycles. The van der Waals surface area contributed by atoms with Crippen molar-refractivity contribution in [3.63, 3.8) is 0 Å². The van der Waals surface area contributed by atoms with Crippen molar-refractivity contribution in [1.82, 2.24) is 0 Å². The molecule has 0 atom stereocenters. The maximum Gasteiger partial charge on any atom is 0.312 e. The highest BCUT2D eigenvalue weighted by atomic mass is 16.6. The van der Waals surface area contributed by atoms with Crippen molar-refractivity contribution in [3.05, 3.63) is 0 Å². The van der Waals surface area contributed by atoms with Crippen LogP contribution in [0.4, 0.5) is 0 Å². The fourth-order valence-corrected chi connectivity index (χ4v) is 2.13. The summed E-state index contributed by atoms with van der Waals surface area (Å²) in [4.78, 5) is 11.5. The van der Waals surface area contributed by atoms with Crippen molar-refractivity contribution in [2.45, 2.75) is 38.2 Å². The van der Waals surface area contributed by atoms with Gasteiger partial charge in [0.2, 0.25) is 0 Å². The van der Waals surface area contributed by atoms with E-state index < -0.39 is 0 Å². The zero-order valence-electron chi connectivity index (χ0n) is 7.43. The Balaban J connectivity index is 2.25. The largest absolute Gasteiger partial charge is 0.457 e. The minimum Gasteiger partial charge on any atom is -0.457 e. The van der Waals surface area contributed by atoms with Gasteiger partial charge in [-0.2, -0.15) is 0 Å². The fourth-order valence-electron chi connectivity index (χ4n) is 2.13. The second-order valence-corrected chi connectivity index (χ2v) is 4.34. The fraction of sp³-hybridized carbons (Fsp3) is 0.889. The highest BCUT2D eigenvalue weighted by molar-refractivity contribution is 5.78. The van der Waals surface area contributed by atoms with Gasteiger partial charge in [-0.1, -0.05) is 0 Å². The molecule has 0 aromatic heterocycles. The lowest BCUT2D eigenvalue weighted by Gasteiger charge is -2.49. The molecule has 3 fully saturated rings. The van der Waals surface area contributed by atoms with Crippen molar-refractivity contribution >= 4 is 5.97 Å². The first-order valence-corrected chi connectivity index (χ1v) is 4.54. The van der Waals surface area contributed by atoms with Crippen LogP contribution in [0.15, 0.2) is 0 Å². The van der Waals surface area contributed by atoms with Crippen LogP contribution in [0.5, 0.6) is 0 Å². The first kappa shape index (κ1) is 8.05. The third-order valence-electron chi connectivity index (χ3n) is 3.44. The predicted molar refractivity (Wildman–Crippen MR) is 44.5 cm³/mol. The smallest absolute Gasteiger partial charge is 0.312 e. The van der Waals surface area contributed by atoms with E-state index in [0.29, 0.717) is 6.54 Å². The molecule has 2 N–H and O–H groups in total. The van der Waals surface area contributed by atoms with E-state index in [4.69, 9.17) is 10.5 Å². The maximum absolute atomic E-state index is 11.5. The third kappa shape index (κ3) is 0.891. The Hall–Kier alpha value is -0.570. The lowest BCUT2D eigenvalue weighted by Crippen LogP contribution is -2.56. The molecule has 3 aliphatic rings. The van der Waals surface area contributed by atoms with E-state index in [-0.39, 0.29) is 17.0 Å². The van der Waals surface area contributed by atoms with E-state index in [1.54, 1.807) is 0 Å². The van der Waals surface area contributed by atoms with Gasteiger partial charge < -0.3 is 10.5 Å². The average molecular weight is 169 g/mol. The maximum atomic E-state index is 11.5. The van der Waals surface area contributed by atoms with Crippen molar-refractivity contribution < 1.29 is 9.53 Å². The topological polar surface area (TPSA) is 52.3 Å². The van der Waals surface area contributed by atoms with E-state index >= 15 is 0 Å². The summed E-state index contributed by atoms with van der Waals surface area (Å²) in [6.45, 7) is 2.48. The minimum atomic E-state index is -0.297. The molecule has 2 heterocycles. The van der Waals surface area contributed by atoms with Gasteiger partial charge in [0.25, 0.3) is 0 Å². The number of nitrogens with two attached hydrogens (primary N) is 1. The van der Waals surface area contributed by atoms with Gasteiger partial charge in [-0.05, 0) is 32.6 Å². The highest BCUT2D eigenvalue weighted by Gasteiger charge is 2.53. The summed E-state index contributed by atoms with van der Waals surface area (Å²) in [7, 11) is 0. The van der Waals surface area contributed by atoms with Gasteiger partial charge in [0.05, 0.1) is 5.41 Å². The van der Waals surface area contributed by atoms with E-state index in [1.165, 1.54) is 0 Å². The molecule has 3 rings (SSSR count). The minimum absolute atomic E-state index is 0.0366. The Morgan fingerprint density at radius 3 is 2.42 bits per heavy atom. The first-order valence-electron chi connectivity index (χ1n) is 4.54. The first-order chi connectivity index (χ1) is 5.60. The number of esters is 1. The summed E-state index contributed by atoms with van der Waals surface area (Å²) >= 11 is 0. The number of hydrogen-bond acceptors (Lipinski definition) is 3. The molecule has 68 valence electrons. The van der Waals surface area contributed by atoms with E-state index in [2.05, 4.69) is 0 Å². The lowest BCUT2D eigenvalue weighted by atomic mass is 9.67. The van der Waals surface area contributed by atoms with Gasteiger partial charge in [-0.25, -0.2) is 0 Å². The average Bonchev–Trinajstić information content (AvgIpc) is 2.08. The van der Waals surface area contributed by atoms with Crippen LogP contribution in [0.3, 0.4) is 0 Å². The number of hydrogen-bond donors (Lipinski definition) is 1. The van der Waals surface area contributed by atoms with E-state index in [1.807, 2.05) is 6.92 Å². The van der Waals surface area contributed by atoms with Gasteiger partial charge in [0.15, 0.2) is 0 Å². The van der Waals surface area contributed by atoms with Crippen molar-refractivity contribution in [3.8, 4) is 0 Å². The summed E-state index contributed by atoms with van der Waals surface area (Å²) < 4.78 is 5.36. The molecule has 1 aliphatic carbocycles. The van der Waals surface area contributed by atoms with E-state index in [0.717, 1.165) is 25.7 Å². The predicted octanol–water partition coefficient (Wildman–Crippen LogP) is 0.821. The molecule has 2 bridgehead atoms. The molecule has 3 nitrogen and oxygen atoms in total. The van der Waals surface area contributed by atoms with Crippen LogP contribution in [-0.4, -0.2) is 18.1 Å². The number of ether oxygens (including phenoxy) is 1. The van der Waals surface area contributed by atoms with E-state index in [9.17, 15) is 4.79 Å². The summed E-state index contributed by atoms with van der Waals surface area (Å²) in [6, 6.07) is 0. The Morgan fingerprint density at radius 1 is 1.42 bits per heavy atom. The summed E-state index contributed by atoms with van der Waals surface area (Å²) in [6.07, 6.45) is 3.80. The van der Waals surface area contributed by atoms with Crippen molar-refractivity contribution in [1.29, 1.82) is 0 Å². The zero-order chi connectivity index (χ0) is 8.82. The van der Waals surface area contributed by atoms with Crippen LogP contribution in [0.25, 0.3) is 0 Å².